The number of hydrogen-bond donors (Lipinski definition) is 2. The van der Waals surface area contributed by atoms with E-state index in [-0.39, 0.29) is 18.1 Å². The number of fused-ring (bicyclic) bond motifs is 2. The van der Waals surface area contributed by atoms with E-state index >= 15 is 0 Å². The molecule has 0 radical (unpaired) electrons. The predicted molar refractivity (Wildman–Crippen MR) is 87.6 cm³/mol. The topological polar surface area (TPSA) is 58.6 Å². The molecule has 0 aromatic rings. The van der Waals surface area contributed by atoms with Crippen LogP contribution in [0, 0.1) is 23.2 Å². The SMILES string of the molecule is CCC(CO)(CNC(=O)OC(C)(C)C)CC1CC2CCC1C2. The van der Waals surface area contributed by atoms with Crippen LogP contribution in [0.4, 0.5) is 4.79 Å². The molecule has 0 spiro atoms. The van der Waals surface area contributed by atoms with Crippen molar-refractivity contribution in [3.8, 4) is 0 Å². The Bertz CT molecular complexity index is 384. The van der Waals surface area contributed by atoms with Gasteiger partial charge in [0.15, 0.2) is 0 Å². The Morgan fingerprint density at radius 3 is 2.45 bits per heavy atom. The molecule has 4 unspecified atom stereocenters. The number of amides is 1. The number of aliphatic hydroxyl groups excluding tert-OH is 1. The summed E-state index contributed by atoms with van der Waals surface area (Å²) < 4.78 is 5.31. The second-order valence-corrected chi connectivity index (χ2v) is 8.51. The van der Waals surface area contributed by atoms with Crippen LogP contribution in [0.2, 0.25) is 0 Å². The molecule has 2 saturated carbocycles. The third-order valence-corrected chi connectivity index (χ3v) is 5.67. The van der Waals surface area contributed by atoms with Gasteiger partial charge in [-0.3, -0.25) is 0 Å². The second kappa shape index (κ2) is 6.77. The molecule has 22 heavy (non-hydrogen) atoms. The van der Waals surface area contributed by atoms with Crippen LogP contribution in [0.1, 0.15) is 66.2 Å². The van der Waals surface area contributed by atoms with Gasteiger partial charge in [0.25, 0.3) is 0 Å². The monoisotopic (exact) mass is 311 g/mol. The summed E-state index contributed by atoms with van der Waals surface area (Å²) >= 11 is 0. The summed E-state index contributed by atoms with van der Waals surface area (Å²) in [6.45, 7) is 8.33. The first-order valence-electron chi connectivity index (χ1n) is 8.84. The van der Waals surface area contributed by atoms with Crippen LogP contribution in [0.3, 0.4) is 0 Å². The van der Waals surface area contributed by atoms with Gasteiger partial charge in [-0.2, -0.15) is 0 Å². The smallest absolute Gasteiger partial charge is 0.407 e. The third kappa shape index (κ3) is 4.37. The molecule has 4 heteroatoms. The van der Waals surface area contributed by atoms with E-state index in [1.165, 1.54) is 25.7 Å². The van der Waals surface area contributed by atoms with Crippen LogP contribution in [-0.4, -0.2) is 30.0 Å². The molecule has 4 nitrogen and oxygen atoms in total. The number of nitrogens with one attached hydrogen (secondary N) is 1. The van der Waals surface area contributed by atoms with Crippen molar-refractivity contribution in [2.45, 2.75) is 71.8 Å². The highest BCUT2D eigenvalue weighted by Crippen LogP contribution is 2.52. The van der Waals surface area contributed by atoms with Crippen molar-refractivity contribution in [3.63, 3.8) is 0 Å². The summed E-state index contributed by atoms with van der Waals surface area (Å²) in [4.78, 5) is 11.9. The first-order chi connectivity index (χ1) is 10.3. The number of rotatable bonds is 6. The Labute approximate surface area is 135 Å². The van der Waals surface area contributed by atoms with Crippen molar-refractivity contribution in [2.75, 3.05) is 13.2 Å². The Morgan fingerprint density at radius 2 is 2.00 bits per heavy atom. The molecule has 2 bridgehead atoms. The van der Waals surface area contributed by atoms with Gasteiger partial charge in [0, 0.05) is 12.0 Å². The summed E-state index contributed by atoms with van der Waals surface area (Å²) in [5, 5.41) is 12.8. The molecule has 2 N–H and O–H groups in total. The number of carbonyl (C=O) groups is 1. The normalized spacial score (nSPS) is 30.1. The summed E-state index contributed by atoms with van der Waals surface area (Å²) in [6.07, 6.45) is 6.99. The van der Waals surface area contributed by atoms with Crippen molar-refractivity contribution in [1.82, 2.24) is 5.32 Å². The van der Waals surface area contributed by atoms with Gasteiger partial charge in [-0.1, -0.05) is 13.3 Å². The van der Waals surface area contributed by atoms with Crippen LogP contribution >= 0.6 is 0 Å². The van der Waals surface area contributed by atoms with E-state index < -0.39 is 5.60 Å². The molecule has 2 aliphatic rings. The zero-order valence-corrected chi connectivity index (χ0v) is 14.7. The number of carbonyl (C=O) groups excluding carboxylic acids is 1. The van der Waals surface area contributed by atoms with E-state index in [2.05, 4.69) is 12.2 Å². The van der Waals surface area contributed by atoms with Crippen LogP contribution < -0.4 is 5.32 Å². The minimum Gasteiger partial charge on any atom is -0.444 e. The van der Waals surface area contributed by atoms with Crippen LogP contribution in [0.5, 0.6) is 0 Å². The maximum atomic E-state index is 11.9. The predicted octanol–water partition coefficient (Wildman–Crippen LogP) is 3.73. The number of ether oxygens (including phenoxy) is 1. The maximum Gasteiger partial charge on any atom is 0.407 e. The highest BCUT2D eigenvalue weighted by atomic mass is 16.6. The van der Waals surface area contributed by atoms with E-state index in [0.29, 0.717) is 6.54 Å². The molecule has 2 rings (SSSR count). The summed E-state index contributed by atoms with van der Waals surface area (Å²) in [5.74, 6) is 2.50. The van der Waals surface area contributed by atoms with Gasteiger partial charge in [0.05, 0.1) is 6.61 Å². The Balaban J connectivity index is 1.89. The van der Waals surface area contributed by atoms with Gasteiger partial charge in [-0.15, -0.1) is 0 Å². The fraction of sp³-hybridized carbons (Fsp3) is 0.944. The maximum absolute atomic E-state index is 11.9. The van der Waals surface area contributed by atoms with Crippen molar-refractivity contribution >= 4 is 6.09 Å². The molecular weight excluding hydrogens is 278 g/mol. The van der Waals surface area contributed by atoms with Crippen molar-refractivity contribution in [1.29, 1.82) is 0 Å². The summed E-state index contributed by atoms with van der Waals surface area (Å²) in [5.41, 5.74) is -0.686. The fourth-order valence-corrected chi connectivity index (χ4v) is 4.33. The van der Waals surface area contributed by atoms with Gasteiger partial charge in [-0.25, -0.2) is 4.79 Å². The van der Waals surface area contributed by atoms with Crippen molar-refractivity contribution in [2.24, 2.45) is 23.2 Å². The summed E-state index contributed by atoms with van der Waals surface area (Å²) in [7, 11) is 0. The molecule has 0 aromatic carbocycles. The van der Waals surface area contributed by atoms with E-state index in [9.17, 15) is 9.90 Å². The van der Waals surface area contributed by atoms with Crippen LogP contribution in [-0.2, 0) is 4.74 Å². The zero-order chi connectivity index (χ0) is 16.4. The molecule has 2 fully saturated rings. The molecule has 128 valence electrons. The van der Waals surface area contributed by atoms with Crippen molar-refractivity contribution in [3.05, 3.63) is 0 Å². The molecule has 2 aliphatic carbocycles. The molecule has 4 atom stereocenters. The fourth-order valence-electron chi connectivity index (χ4n) is 4.33. The minimum absolute atomic E-state index is 0.132. The average Bonchev–Trinajstić information content (AvgIpc) is 3.04. The lowest BCUT2D eigenvalue weighted by atomic mass is 9.73. The molecule has 0 saturated heterocycles. The van der Waals surface area contributed by atoms with Gasteiger partial charge in [-0.05, 0) is 70.6 Å². The molecule has 0 heterocycles. The largest absolute Gasteiger partial charge is 0.444 e. The van der Waals surface area contributed by atoms with Crippen LogP contribution in [0.25, 0.3) is 0 Å². The van der Waals surface area contributed by atoms with E-state index in [4.69, 9.17) is 4.74 Å². The van der Waals surface area contributed by atoms with Gasteiger partial charge >= 0.3 is 6.09 Å². The molecular formula is C18H33NO3. The lowest BCUT2D eigenvalue weighted by Gasteiger charge is -2.36. The quantitative estimate of drug-likeness (QED) is 0.786. The van der Waals surface area contributed by atoms with E-state index in [0.717, 1.165) is 30.6 Å². The Morgan fingerprint density at radius 1 is 1.27 bits per heavy atom. The zero-order valence-electron chi connectivity index (χ0n) is 14.7. The third-order valence-electron chi connectivity index (χ3n) is 5.67. The van der Waals surface area contributed by atoms with Gasteiger partial charge in [0.2, 0.25) is 0 Å². The number of aliphatic hydroxyl groups is 1. The number of hydrogen-bond acceptors (Lipinski definition) is 3. The van der Waals surface area contributed by atoms with Crippen LogP contribution in [0.15, 0.2) is 0 Å². The molecule has 0 aromatic heterocycles. The lowest BCUT2D eigenvalue weighted by Crippen LogP contribution is -2.43. The first-order valence-corrected chi connectivity index (χ1v) is 8.84. The molecule has 0 aliphatic heterocycles. The van der Waals surface area contributed by atoms with E-state index in [1.807, 2.05) is 20.8 Å². The lowest BCUT2D eigenvalue weighted by molar-refractivity contribution is 0.0405. The average molecular weight is 311 g/mol. The minimum atomic E-state index is -0.483. The van der Waals surface area contributed by atoms with Gasteiger partial charge in [0.1, 0.15) is 5.60 Å². The first kappa shape index (κ1) is 17.6. The van der Waals surface area contributed by atoms with Crippen molar-refractivity contribution < 1.29 is 14.6 Å². The highest BCUT2D eigenvalue weighted by molar-refractivity contribution is 5.67. The highest BCUT2D eigenvalue weighted by Gasteiger charge is 2.43. The second-order valence-electron chi connectivity index (χ2n) is 8.51. The van der Waals surface area contributed by atoms with E-state index in [1.54, 1.807) is 0 Å². The Hall–Kier alpha value is -0.770. The van der Waals surface area contributed by atoms with Gasteiger partial charge < -0.3 is 15.2 Å². The summed E-state index contributed by atoms with van der Waals surface area (Å²) in [6, 6.07) is 0. The number of alkyl carbamates (subject to hydrolysis) is 1. The standard InChI is InChI=1S/C18H33NO3/c1-5-18(12-20,11-19-16(21)22-17(2,3)4)10-15-9-13-6-7-14(15)8-13/h13-15,20H,5-12H2,1-4H3,(H,19,21). The molecule has 1 amide bonds. The Kier molecular flexibility index (Phi) is 5.41.